The summed E-state index contributed by atoms with van der Waals surface area (Å²) in [5, 5.41) is -0.194. The number of rotatable bonds is 11. The third kappa shape index (κ3) is 9.72. The smallest absolute Gasteiger partial charge is 0.221 e. The molecule has 1 aromatic carbocycles. The number of carbonyl (C=O) groups is 1. The number of benzene rings is 1. The summed E-state index contributed by atoms with van der Waals surface area (Å²) in [5.41, 5.74) is 1.45. The van der Waals surface area contributed by atoms with Crippen molar-refractivity contribution in [3.8, 4) is 0 Å². The second kappa shape index (κ2) is 11.0. The van der Waals surface area contributed by atoms with E-state index >= 15 is 0 Å². The average molecular weight is 281 g/mol. The van der Waals surface area contributed by atoms with Crippen LogP contribution >= 0.6 is 11.6 Å². The summed E-state index contributed by atoms with van der Waals surface area (Å²) >= 11 is 5.29. The Hall–Kier alpha value is -0.820. The molecule has 0 atom stereocenters. The van der Waals surface area contributed by atoms with E-state index in [1.54, 1.807) is 0 Å². The molecule has 0 spiro atoms. The van der Waals surface area contributed by atoms with Crippen molar-refractivity contribution in [3.63, 3.8) is 0 Å². The van der Waals surface area contributed by atoms with Crippen LogP contribution in [0.5, 0.6) is 0 Å². The number of hydrogen-bond acceptors (Lipinski definition) is 1. The topological polar surface area (TPSA) is 17.1 Å². The molecule has 0 heterocycles. The van der Waals surface area contributed by atoms with Gasteiger partial charge in [0.2, 0.25) is 5.24 Å². The van der Waals surface area contributed by atoms with Gasteiger partial charge >= 0.3 is 0 Å². The molecule has 0 aliphatic carbocycles. The zero-order valence-corrected chi connectivity index (χ0v) is 12.5. The quantitative estimate of drug-likeness (QED) is 0.386. The third-order valence-corrected chi connectivity index (χ3v) is 3.62. The van der Waals surface area contributed by atoms with E-state index in [-0.39, 0.29) is 5.24 Å². The van der Waals surface area contributed by atoms with Gasteiger partial charge in [0, 0.05) is 6.42 Å². The van der Waals surface area contributed by atoms with Gasteiger partial charge in [-0.3, -0.25) is 4.79 Å². The van der Waals surface area contributed by atoms with E-state index in [1.807, 2.05) is 0 Å². The summed E-state index contributed by atoms with van der Waals surface area (Å²) in [5.74, 6) is 0. The molecule has 0 radical (unpaired) electrons. The fraction of sp³-hybridized carbons (Fsp3) is 0.588. The zero-order chi connectivity index (χ0) is 13.8. The number of unbranched alkanes of at least 4 members (excludes halogenated alkanes) is 7. The molecule has 0 bridgehead atoms. The predicted octanol–water partition coefficient (Wildman–Crippen LogP) is 5.51. The summed E-state index contributed by atoms with van der Waals surface area (Å²) in [4.78, 5) is 10.5. The molecule has 0 unspecified atom stereocenters. The molecule has 1 aromatic rings. The Morgan fingerprint density at radius 3 is 1.89 bits per heavy atom. The van der Waals surface area contributed by atoms with Crippen molar-refractivity contribution >= 4 is 16.8 Å². The molecule has 2 heteroatoms. The van der Waals surface area contributed by atoms with Crippen molar-refractivity contribution in [2.75, 3.05) is 0 Å². The summed E-state index contributed by atoms with van der Waals surface area (Å²) in [6, 6.07) is 10.7. The minimum Gasteiger partial charge on any atom is -0.281 e. The molecule has 0 aliphatic rings. The van der Waals surface area contributed by atoms with Crippen molar-refractivity contribution in [1.82, 2.24) is 0 Å². The first kappa shape index (κ1) is 16.2. The van der Waals surface area contributed by atoms with Crippen molar-refractivity contribution in [2.45, 2.75) is 64.2 Å². The van der Waals surface area contributed by atoms with Gasteiger partial charge in [0.1, 0.15) is 0 Å². The molecule has 0 fully saturated rings. The minimum absolute atomic E-state index is 0.194. The molecule has 106 valence electrons. The Balaban J connectivity index is 1.83. The van der Waals surface area contributed by atoms with Crippen LogP contribution in [0.15, 0.2) is 30.3 Å². The van der Waals surface area contributed by atoms with Crippen LogP contribution in [0.25, 0.3) is 0 Å². The number of hydrogen-bond donors (Lipinski definition) is 0. The van der Waals surface area contributed by atoms with Gasteiger partial charge in [-0.15, -0.1) is 0 Å². The van der Waals surface area contributed by atoms with E-state index in [0.717, 1.165) is 12.8 Å². The van der Waals surface area contributed by atoms with Crippen LogP contribution in [-0.4, -0.2) is 5.24 Å². The highest BCUT2D eigenvalue weighted by molar-refractivity contribution is 6.63. The van der Waals surface area contributed by atoms with Crippen LogP contribution in [0.2, 0.25) is 0 Å². The van der Waals surface area contributed by atoms with Crippen molar-refractivity contribution in [1.29, 1.82) is 0 Å². The molecule has 19 heavy (non-hydrogen) atoms. The van der Waals surface area contributed by atoms with E-state index in [1.165, 1.54) is 50.5 Å². The lowest BCUT2D eigenvalue weighted by atomic mass is 10.0. The van der Waals surface area contributed by atoms with Crippen LogP contribution in [0.4, 0.5) is 0 Å². The summed E-state index contributed by atoms with van der Waals surface area (Å²) < 4.78 is 0. The molecule has 1 rings (SSSR count). The highest BCUT2D eigenvalue weighted by Gasteiger charge is 1.96. The van der Waals surface area contributed by atoms with Gasteiger partial charge in [-0.05, 0) is 36.4 Å². The SMILES string of the molecule is O=C(Cl)CCCCCCCCCCc1ccccc1. The van der Waals surface area contributed by atoms with Gasteiger partial charge in [0.15, 0.2) is 0 Å². The molecule has 0 amide bonds. The largest absolute Gasteiger partial charge is 0.281 e. The second-order valence-electron chi connectivity index (χ2n) is 5.17. The predicted molar refractivity (Wildman–Crippen MR) is 82.6 cm³/mol. The molecule has 1 nitrogen and oxygen atoms in total. The Kier molecular flexibility index (Phi) is 9.44. The Labute approximate surface area is 122 Å². The van der Waals surface area contributed by atoms with Crippen molar-refractivity contribution in [2.24, 2.45) is 0 Å². The van der Waals surface area contributed by atoms with E-state index in [9.17, 15) is 4.79 Å². The lowest BCUT2D eigenvalue weighted by Crippen LogP contribution is -1.87. The number of carbonyl (C=O) groups excluding carboxylic acids is 1. The van der Waals surface area contributed by atoms with Crippen molar-refractivity contribution in [3.05, 3.63) is 35.9 Å². The maximum Gasteiger partial charge on any atom is 0.221 e. The number of halogens is 1. The maximum absolute atomic E-state index is 10.5. The first-order chi connectivity index (χ1) is 9.29. The lowest BCUT2D eigenvalue weighted by Gasteiger charge is -2.02. The van der Waals surface area contributed by atoms with E-state index in [4.69, 9.17) is 11.6 Å². The normalized spacial score (nSPS) is 10.6. The summed E-state index contributed by atoms with van der Waals surface area (Å²) in [6.07, 6.45) is 11.7. The molecule has 0 saturated carbocycles. The van der Waals surface area contributed by atoms with Gasteiger partial charge in [0.25, 0.3) is 0 Å². The molecule has 0 saturated heterocycles. The summed E-state index contributed by atoms with van der Waals surface area (Å²) in [7, 11) is 0. The maximum atomic E-state index is 10.5. The van der Waals surface area contributed by atoms with Crippen LogP contribution in [0.1, 0.15) is 63.4 Å². The minimum atomic E-state index is -0.194. The monoisotopic (exact) mass is 280 g/mol. The fourth-order valence-corrected chi connectivity index (χ4v) is 2.43. The molecular weight excluding hydrogens is 256 g/mol. The Bertz CT molecular complexity index is 334. The van der Waals surface area contributed by atoms with E-state index in [2.05, 4.69) is 30.3 Å². The van der Waals surface area contributed by atoms with Gasteiger partial charge in [0.05, 0.1) is 0 Å². The molecule has 0 N–H and O–H groups in total. The lowest BCUT2D eigenvalue weighted by molar-refractivity contribution is -0.111. The average Bonchev–Trinajstić information content (AvgIpc) is 2.42. The molecule has 0 aliphatic heterocycles. The first-order valence-corrected chi connectivity index (χ1v) is 7.89. The molecule has 0 aromatic heterocycles. The highest BCUT2D eigenvalue weighted by Crippen LogP contribution is 2.12. The van der Waals surface area contributed by atoms with Gasteiger partial charge in [-0.2, -0.15) is 0 Å². The summed E-state index contributed by atoms with van der Waals surface area (Å²) in [6.45, 7) is 0. The van der Waals surface area contributed by atoms with Crippen LogP contribution in [0.3, 0.4) is 0 Å². The van der Waals surface area contributed by atoms with E-state index < -0.39 is 0 Å². The fourth-order valence-electron chi connectivity index (χ4n) is 2.30. The van der Waals surface area contributed by atoms with Crippen LogP contribution in [-0.2, 0) is 11.2 Å². The Morgan fingerprint density at radius 2 is 1.32 bits per heavy atom. The Morgan fingerprint density at radius 1 is 0.789 bits per heavy atom. The van der Waals surface area contributed by atoms with Gasteiger partial charge in [-0.1, -0.05) is 68.9 Å². The third-order valence-electron chi connectivity index (χ3n) is 3.43. The molecular formula is C17H25ClO. The van der Waals surface area contributed by atoms with Crippen molar-refractivity contribution < 1.29 is 4.79 Å². The zero-order valence-electron chi connectivity index (χ0n) is 11.7. The second-order valence-corrected chi connectivity index (χ2v) is 5.59. The standard InChI is InChI=1S/C17H25ClO/c18-17(19)15-11-6-4-2-1-3-5-8-12-16-13-9-7-10-14-16/h7,9-10,13-14H,1-6,8,11-12,15H2. The highest BCUT2D eigenvalue weighted by atomic mass is 35.5. The van der Waals surface area contributed by atoms with Gasteiger partial charge in [-0.25, -0.2) is 0 Å². The number of aryl methyl sites for hydroxylation is 1. The van der Waals surface area contributed by atoms with Gasteiger partial charge < -0.3 is 0 Å². The van der Waals surface area contributed by atoms with Crippen LogP contribution in [0, 0.1) is 0 Å². The van der Waals surface area contributed by atoms with Crippen LogP contribution < -0.4 is 0 Å². The first-order valence-electron chi connectivity index (χ1n) is 7.51. The van der Waals surface area contributed by atoms with E-state index in [0.29, 0.717) is 6.42 Å².